The predicted molar refractivity (Wildman–Crippen MR) is 86.6 cm³/mol. The van der Waals surface area contributed by atoms with Gasteiger partial charge in [0.05, 0.1) is 17.7 Å². The molecule has 0 aliphatic heterocycles. The molecule has 3 rings (SSSR count). The molecule has 1 aliphatic carbocycles. The van der Waals surface area contributed by atoms with Gasteiger partial charge in [0, 0.05) is 23.5 Å². The SMILES string of the molecule is CCc1ccc(C(CO)NCc2cnc(C3CC3)s2)cc1. The number of nitrogens with zero attached hydrogens (tertiary/aromatic N) is 1. The first kappa shape index (κ1) is 14.7. The van der Waals surface area contributed by atoms with Gasteiger partial charge < -0.3 is 10.4 Å². The first-order chi connectivity index (χ1) is 10.3. The van der Waals surface area contributed by atoms with E-state index in [4.69, 9.17) is 0 Å². The molecule has 1 aromatic carbocycles. The van der Waals surface area contributed by atoms with Crippen molar-refractivity contribution in [2.24, 2.45) is 0 Å². The maximum atomic E-state index is 9.61. The summed E-state index contributed by atoms with van der Waals surface area (Å²) < 4.78 is 0. The molecule has 4 heteroatoms. The lowest BCUT2D eigenvalue weighted by Crippen LogP contribution is -2.23. The van der Waals surface area contributed by atoms with Gasteiger partial charge in [-0.25, -0.2) is 4.98 Å². The van der Waals surface area contributed by atoms with E-state index in [9.17, 15) is 5.11 Å². The van der Waals surface area contributed by atoms with E-state index in [1.54, 1.807) is 11.3 Å². The second-order valence-electron chi connectivity index (χ2n) is 5.65. The number of aliphatic hydroxyl groups is 1. The van der Waals surface area contributed by atoms with Crippen LogP contribution < -0.4 is 5.32 Å². The lowest BCUT2D eigenvalue weighted by Gasteiger charge is -2.16. The molecule has 0 bridgehead atoms. The summed E-state index contributed by atoms with van der Waals surface area (Å²) in [6.07, 6.45) is 5.61. The van der Waals surface area contributed by atoms with Crippen LogP contribution in [0, 0.1) is 0 Å². The molecule has 1 unspecified atom stereocenters. The van der Waals surface area contributed by atoms with Gasteiger partial charge in [-0.05, 0) is 30.4 Å². The lowest BCUT2D eigenvalue weighted by molar-refractivity contribution is 0.244. The largest absolute Gasteiger partial charge is 0.394 e. The van der Waals surface area contributed by atoms with Crippen LogP contribution in [-0.4, -0.2) is 16.7 Å². The van der Waals surface area contributed by atoms with E-state index in [1.807, 2.05) is 6.20 Å². The van der Waals surface area contributed by atoms with Crippen LogP contribution in [-0.2, 0) is 13.0 Å². The Morgan fingerprint density at radius 1 is 1.33 bits per heavy atom. The second-order valence-corrected chi connectivity index (χ2v) is 6.80. The molecule has 1 fully saturated rings. The van der Waals surface area contributed by atoms with Crippen LogP contribution in [0.2, 0.25) is 0 Å². The van der Waals surface area contributed by atoms with Crippen LogP contribution in [0.5, 0.6) is 0 Å². The molecule has 3 nitrogen and oxygen atoms in total. The molecule has 0 radical (unpaired) electrons. The minimum absolute atomic E-state index is 0.0117. The number of nitrogens with one attached hydrogen (secondary N) is 1. The van der Waals surface area contributed by atoms with Crippen molar-refractivity contribution >= 4 is 11.3 Å². The van der Waals surface area contributed by atoms with E-state index in [0.717, 1.165) is 24.4 Å². The van der Waals surface area contributed by atoms with E-state index < -0.39 is 0 Å². The summed E-state index contributed by atoms with van der Waals surface area (Å²) in [6, 6.07) is 8.47. The van der Waals surface area contributed by atoms with Crippen molar-refractivity contribution in [1.82, 2.24) is 10.3 Å². The number of rotatable bonds is 7. The molecule has 1 aromatic heterocycles. The third-order valence-electron chi connectivity index (χ3n) is 3.99. The third-order valence-corrected chi connectivity index (χ3v) is 5.15. The van der Waals surface area contributed by atoms with E-state index in [1.165, 1.54) is 28.3 Å². The quantitative estimate of drug-likeness (QED) is 0.824. The molecule has 21 heavy (non-hydrogen) atoms. The van der Waals surface area contributed by atoms with Gasteiger partial charge in [0.2, 0.25) is 0 Å². The Labute approximate surface area is 130 Å². The van der Waals surface area contributed by atoms with Gasteiger partial charge in [-0.3, -0.25) is 0 Å². The van der Waals surface area contributed by atoms with E-state index in [-0.39, 0.29) is 12.6 Å². The summed E-state index contributed by atoms with van der Waals surface area (Å²) in [5, 5.41) is 14.3. The number of benzene rings is 1. The van der Waals surface area contributed by atoms with Gasteiger partial charge in [-0.15, -0.1) is 11.3 Å². The summed E-state index contributed by atoms with van der Waals surface area (Å²) in [7, 11) is 0. The molecular formula is C17H22N2OS. The van der Waals surface area contributed by atoms with E-state index in [2.05, 4.69) is 41.5 Å². The highest BCUT2D eigenvalue weighted by molar-refractivity contribution is 7.11. The van der Waals surface area contributed by atoms with E-state index in [0.29, 0.717) is 0 Å². The number of thiazole rings is 1. The monoisotopic (exact) mass is 302 g/mol. The summed E-state index contributed by atoms with van der Waals surface area (Å²) in [6.45, 7) is 3.03. The highest BCUT2D eigenvalue weighted by Crippen LogP contribution is 2.41. The van der Waals surface area contributed by atoms with Crippen LogP contribution in [0.4, 0.5) is 0 Å². The number of aryl methyl sites for hydroxylation is 1. The van der Waals surface area contributed by atoms with Crippen LogP contribution in [0.25, 0.3) is 0 Å². The fourth-order valence-corrected chi connectivity index (χ4v) is 3.46. The Balaban J connectivity index is 1.60. The smallest absolute Gasteiger partial charge is 0.0959 e. The third kappa shape index (κ3) is 3.70. The zero-order valence-corrected chi connectivity index (χ0v) is 13.2. The normalized spacial score (nSPS) is 16.1. The maximum absolute atomic E-state index is 9.61. The topological polar surface area (TPSA) is 45.1 Å². The highest BCUT2D eigenvalue weighted by Gasteiger charge is 2.26. The van der Waals surface area contributed by atoms with Crippen LogP contribution >= 0.6 is 11.3 Å². The van der Waals surface area contributed by atoms with Crippen molar-refractivity contribution in [2.75, 3.05) is 6.61 Å². The maximum Gasteiger partial charge on any atom is 0.0959 e. The average molecular weight is 302 g/mol. The Morgan fingerprint density at radius 2 is 2.10 bits per heavy atom. The first-order valence-electron chi connectivity index (χ1n) is 7.67. The predicted octanol–water partition coefficient (Wildman–Crippen LogP) is 3.41. The molecule has 0 amide bonds. The van der Waals surface area contributed by atoms with Crippen molar-refractivity contribution in [3.63, 3.8) is 0 Å². The second kappa shape index (κ2) is 6.69. The standard InChI is InChI=1S/C17H22N2OS/c1-2-12-3-5-13(6-4-12)16(11-20)18-9-15-10-19-17(21-15)14-7-8-14/h3-6,10,14,16,18,20H,2,7-9,11H2,1H3. The highest BCUT2D eigenvalue weighted by atomic mass is 32.1. The van der Waals surface area contributed by atoms with Crippen LogP contribution in [0.1, 0.15) is 52.7 Å². The summed E-state index contributed by atoms with van der Waals surface area (Å²) in [4.78, 5) is 5.74. The van der Waals surface area contributed by atoms with Gasteiger partial charge in [0.15, 0.2) is 0 Å². The number of aromatic nitrogens is 1. The Bertz CT molecular complexity index is 575. The van der Waals surface area contributed by atoms with Gasteiger partial charge in [0.25, 0.3) is 0 Å². The summed E-state index contributed by atoms with van der Waals surface area (Å²) >= 11 is 1.80. The first-order valence-corrected chi connectivity index (χ1v) is 8.49. The molecule has 2 aromatic rings. The molecule has 0 spiro atoms. The Kier molecular flexibility index (Phi) is 4.68. The molecule has 1 heterocycles. The fourth-order valence-electron chi connectivity index (χ4n) is 2.42. The zero-order chi connectivity index (χ0) is 14.7. The Hall–Kier alpha value is -1.23. The summed E-state index contributed by atoms with van der Waals surface area (Å²) in [5.74, 6) is 0.721. The minimum Gasteiger partial charge on any atom is -0.394 e. The van der Waals surface area contributed by atoms with Gasteiger partial charge in [0.1, 0.15) is 0 Å². The van der Waals surface area contributed by atoms with E-state index >= 15 is 0 Å². The molecule has 0 saturated heterocycles. The zero-order valence-electron chi connectivity index (χ0n) is 12.4. The van der Waals surface area contributed by atoms with Gasteiger partial charge in [-0.2, -0.15) is 0 Å². The van der Waals surface area contributed by atoms with Gasteiger partial charge >= 0.3 is 0 Å². The van der Waals surface area contributed by atoms with Crippen molar-refractivity contribution in [3.8, 4) is 0 Å². The fraction of sp³-hybridized carbons (Fsp3) is 0.471. The summed E-state index contributed by atoms with van der Waals surface area (Å²) in [5.41, 5.74) is 2.47. The van der Waals surface area contributed by atoms with Crippen molar-refractivity contribution in [2.45, 2.75) is 44.7 Å². The number of hydrogen-bond donors (Lipinski definition) is 2. The molecule has 1 aliphatic rings. The lowest BCUT2D eigenvalue weighted by atomic mass is 10.0. The number of hydrogen-bond acceptors (Lipinski definition) is 4. The number of aliphatic hydroxyl groups excluding tert-OH is 1. The van der Waals surface area contributed by atoms with Gasteiger partial charge in [-0.1, -0.05) is 31.2 Å². The van der Waals surface area contributed by atoms with Crippen LogP contribution in [0.15, 0.2) is 30.5 Å². The molecular weight excluding hydrogens is 280 g/mol. The Morgan fingerprint density at radius 3 is 2.71 bits per heavy atom. The van der Waals surface area contributed by atoms with Crippen LogP contribution in [0.3, 0.4) is 0 Å². The molecule has 2 N–H and O–H groups in total. The van der Waals surface area contributed by atoms with Crippen molar-refractivity contribution < 1.29 is 5.11 Å². The molecule has 1 saturated carbocycles. The molecule has 112 valence electrons. The minimum atomic E-state index is -0.0117. The van der Waals surface area contributed by atoms with Crippen molar-refractivity contribution in [1.29, 1.82) is 0 Å². The van der Waals surface area contributed by atoms with Crippen molar-refractivity contribution in [3.05, 3.63) is 51.5 Å². The molecule has 1 atom stereocenters. The average Bonchev–Trinajstić information content (AvgIpc) is 3.28.